The van der Waals surface area contributed by atoms with Crippen LogP contribution in [0.15, 0.2) is 29.1 Å². The summed E-state index contributed by atoms with van der Waals surface area (Å²) in [6, 6.07) is 7.64. The summed E-state index contributed by atoms with van der Waals surface area (Å²) in [4.78, 5) is 26.9. The number of carbonyl (C=O) groups is 1. The lowest BCUT2D eigenvalue weighted by molar-refractivity contribution is -0.135. The largest absolute Gasteiger partial charge is 0.340 e. The Bertz CT molecular complexity index is 809. The molecule has 1 aromatic carbocycles. The second-order valence-electron chi connectivity index (χ2n) is 7.12. The van der Waals surface area contributed by atoms with Gasteiger partial charge in [0.2, 0.25) is 5.91 Å². The van der Waals surface area contributed by atoms with Gasteiger partial charge in [0.15, 0.2) is 0 Å². The molecule has 1 aliphatic rings. The second-order valence-corrected chi connectivity index (χ2v) is 7.12. The van der Waals surface area contributed by atoms with Gasteiger partial charge >= 0.3 is 5.69 Å². The Balaban J connectivity index is 0.00000208. The number of aromatic nitrogens is 2. The summed E-state index contributed by atoms with van der Waals surface area (Å²) in [5.74, 6) is -0.0246. The molecule has 1 unspecified atom stereocenters. The molecule has 2 heterocycles. The van der Waals surface area contributed by atoms with Crippen LogP contribution < -0.4 is 11.4 Å². The lowest BCUT2D eigenvalue weighted by Crippen LogP contribution is -2.54. The van der Waals surface area contributed by atoms with Crippen LogP contribution in [0.1, 0.15) is 20.3 Å². The van der Waals surface area contributed by atoms with Crippen molar-refractivity contribution in [2.45, 2.75) is 32.9 Å². The predicted molar refractivity (Wildman–Crippen MR) is 97.4 cm³/mol. The Morgan fingerprint density at radius 1 is 1.29 bits per heavy atom. The van der Waals surface area contributed by atoms with E-state index in [1.165, 1.54) is 0 Å². The van der Waals surface area contributed by atoms with Crippen molar-refractivity contribution in [1.82, 2.24) is 14.0 Å². The fraction of sp³-hybridized carbons (Fsp3) is 0.529. The average molecular weight is 353 g/mol. The van der Waals surface area contributed by atoms with Crippen molar-refractivity contribution in [2.24, 2.45) is 18.2 Å². The van der Waals surface area contributed by atoms with Gasteiger partial charge in [-0.05, 0) is 24.0 Å². The van der Waals surface area contributed by atoms with Gasteiger partial charge in [0.1, 0.15) is 6.54 Å². The molecule has 6 nitrogen and oxygen atoms in total. The van der Waals surface area contributed by atoms with Gasteiger partial charge in [-0.15, -0.1) is 12.4 Å². The van der Waals surface area contributed by atoms with Crippen molar-refractivity contribution in [3.8, 4) is 0 Å². The molecule has 1 atom stereocenters. The Kier molecular flexibility index (Phi) is 5.11. The predicted octanol–water partition coefficient (Wildman–Crippen LogP) is 1.35. The zero-order valence-corrected chi connectivity index (χ0v) is 15.2. The molecule has 132 valence electrons. The molecule has 0 radical (unpaired) electrons. The van der Waals surface area contributed by atoms with Gasteiger partial charge in [-0.25, -0.2) is 4.79 Å². The first-order valence-electron chi connectivity index (χ1n) is 7.99. The first-order valence-corrected chi connectivity index (χ1v) is 7.99. The lowest BCUT2D eigenvalue weighted by Gasteiger charge is -2.42. The molecule has 0 bridgehead atoms. The maximum absolute atomic E-state index is 12.7. The van der Waals surface area contributed by atoms with Crippen LogP contribution in [0.3, 0.4) is 0 Å². The fourth-order valence-corrected chi connectivity index (χ4v) is 3.34. The normalized spacial score (nSPS) is 20.0. The third-order valence-electron chi connectivity index (χ3n) is 5.01. The molecular weight excluding hydrogens is 328 g/mol. The summed E-state index contributed by atoms with van der Waals surface area (Å²) in [6.45, 7) is 5.53. The van der Waals surface area contributed by atoms with Crippen molar-refractivity contribution in [2.75, 3.05) is 13.1 Å². The molecule has 1 aliphatic heterocycles. The van der Waals surface area contributed by atoms with Gasteiger partial charge in [0.05, 0.1) is 11.0 Å². The van der Waals surface area contributed by atoms with Gasteiger partial charge in [0.25, 0.3) is 0 Å². The Labute approximate surface area is 147 Å². The van der Waals surface area contributed by atoms with Crippen LogP contribution >= 0.6 is 12.4 Å². The van der Waals surface area contributed by atoms with Gasteiger partial charge in [0, 0.05) is 26.2 Å². The van der Waals surface area contributed by atoms with Crippen LogP contribution in [-0.2, 0) is 18.4 Å². The van der Waals surface area contributed by atoms with Crippen molar-refractivity contribution >= 4 is 29.3 Å². The first kappa shape index (κ1) is 18.5. The number of piperidine rings is 1. The number of benzene rings is 1. The molecule has 0 aliphatic carbocycles. The van der Waals surface area contributed by atoms with Gasteiger partial charge in [-0.1, -0.05) is 26.0 Å². The van der Waals surface area contributed by atoms with E-state index in [4.69, 9.17) is 5.73 Å². The SMILES string of the molecule is Cl.Cn1c(=O)n(CC(=O)N2CCC(N)C(C)(C)C2)c2ccccc21. The smallest absolute Gasteiger partial charge is 0.329 e. The number of rotatable bonds is 2. The minimum Gasteiger partial charge on any atom is -0.340 e. The highest BCUT2D eigenvalue weighted by Gasteiger charge is 2.35. The maximum Gasteiger partial charge on any atom is 0.329 e. The zero-order chi connectivity index (χ0) is 16.8. The number of imidazole rings is 1. The summed E-state index contributed by atoms with van der Waals surface area (Å²) in [5.41, 5.74) is 7.51. The molecule has 0 spiro atoms. The monoisotopic (exact) mass is 352 g/mol. The van der Waals surface area contributed by atoms with Gasteiger partial charge < -0.3 is 10.6 Å². The van der Waals surface area contributed by atoms with Crippen LogP contribution in [0.4, 0.5) is 0 Å². The van der Waals surface area contributed by atoms with E-state index in [2.05, 4.69) is 13.8 Å². The minimum atomic E-state index is -0.160. The third kappa shape index (κ3) is 3.08. The Morgan fingerprint density at radius 3 is 2.54 bits per heavy atom. The number of nitrogens with two attached hydrogens (primary N) is 1. The van der Waals surface area contributed by atoms with Crippen LogP contribution in [0.2, 0.25) is 0 Å². The average Bonchev–Trinajstić information content (AvgIpc) is 2.75. The number of amides is 1. The van der Waals surface area contributed by atoms with E-state index >= 15 is 0 Å². The van der Waals surface area contributed by atoms with Gasteiger partial charge in [-0.2, -0.15) is 0 Å². The van der Waals surface area contributed by atoms with E-state index in [0.29, 0.717) is 13.1 Å². The molecule has 2 N–H and O–H groups in total. The number of fused-ring (bicyclic) bond motifs is 1. The summed E-state index contributed by atoms with van der Waals surface area (Å²) in [6.07, 6.45) is 0.795. The number of para-hydroxylation sites is 2. The first-order chi connectivity index (χ1) is 10.8. The summed E-state index contributed by atoms with van der Waals surface area (Å²) >= 11 is 0. The highest BCUT2D eigenvalue weighted by atomic mass is 35.5. The quantitative estimate of drug-likeness (QED) is 0.886. The fourth-order valence-electron chi connectivity index (χ4n) is 3.34. The van der Waals surface area contributed by atoms with E-state index in [1.807, 2.05) is 29.2 Å². The van der Waals surface area contributed by atoms with E-state index in [9.17, 15) is 9.59 Å². The van der Waals surface area contributed by atoms with Crippen LogP contribution in [-0.4, -0.2) is 39.1 Å². The molecule has 3 rings (SSSR count). The van der Waals surface area contributed by atoms with Crippen LogP contribution in [0, 0.1) is 5.41 Å². The van der Waals surface area contributed by atoms with Crippen molar-refractivity contribution < 1.29 is 4.79 Å². The van der Waals surface area contributed by atoms with Gasteiger partial charge in [-0.3, -0.25) is 13.9 Å². The molecule has 1 aromatic heterocycles. The second kappa shape index (κ2) is 6.61. The number of likely N-dealkylation sites (tertiary alicyclic amines) is 1. The van der Waals surface area contributed by atoms with Crippen molar-refractivity contribution in [1.29, 1.82) is 0 Å². The molecule has 1 saturated heterocycles. The van der Waals surface area contributed by atoms with E-state index in [0.717, 1.165) is 17.5 Å². The molecule has 1 amide bonds. The highest BCUT2D eigenvalue weighted by Crippen LogP contribution is 2.27. The summed E-state index contributed by atoms with van der Waals surface area (Å²) in [5, 5.41) is 0. The molecule has 2 aromatic rings. The Hall–Kier alpha value is -1.79. The number of carbonyl (C=O) groups excluding carboxylic acids is 1. The van der Waals surface area contributed by atoms with Crippen molar-refractivity contribution in [3.63, 3.8) is 0 Å². The number of nitrogens with zero attached hydrogens (tertiary/aromatic N) is 3. The third-order valence-corrected chi connectivity index (χ3v) is 5.01. The van der Waals surface area contributed by atoms with Crippen LogP contribution in [0.25, 0.3) is 11.0 Å². The number of halogens is 1. The number of hydrogen-bond donors (Lipinski definition) is 1. The van der Waals surface area contributed by atoms with Crippen molar-refractivity contribution in [3.05, 3.63) is 34.7 Å². The molecule has 0 saturated carbocycles. The maximum atomic E-state index is 12.7. The summed E-state index contributed by atoms with van der Waals surface area (Å²) in [7, 11) is 1.73. The van der Waals surface area contributed by atoms with E-state index in [-0.39, 0.29) is 42.0 Å². The molecule has 1 fully saturated rings. The highest BCUT2D eigenvalue weighted by molar-refractivity contribution is 5.85. The number of hydrogen-bond acceptors (Lipinski definition) is 3. The van der Waals surface area contributed by atoms with Crippen LogP contribution in [0.5, 0.6) is 0 Å². The summed E-state index contributed by atoms with van der Waals surface area (Å²) < 4.78 is 3.14. The number of aryl methyl sites for hydroxylation is 1. The molecular formula is C17H25ClN4O2. The molecule has 7 heteroatoms. The zero-order valence-electron chi connectivity index (χ0n) is 14.4. The Morgan fingerprint density at radius 2 is 1.92 bits per heavy atom. The lowest BCUT2D eigenvalue weighted by atomic mass is 9.79. The standard InChI is InChI=1S/C17H24N4O2.ClH/c1-17(2)11-20(9-8-14(17)18)15(22)10-21-13-7-5-4-6-12(13)19(3)16(21)23;/h4-7,14H,8-11,18H2,1-3H3;1H. The minimum absolute atomic E-state index is 0. The van der Waals surface area contributed by atoms with E-state index in [1.54, 1.807) is 16.2 Å². The molecule has 24 heavy (non-hydrogen) atoms. The topological polar surface area (TPSA) is 73.3 Å². The van der Waals surface area contributed by atoms with E-state index < -0.39 is 0 Å².